The zero-order valence-corrected chi connectivity index (χ0v) is 17.7. The summed E-state index contributed by atoms with van der Waals surface area (Å²) in [6.07, 6.45) is 1.74. The predicted octanol–water partition coefficient (Wildman–Crippen LogP) is 3.95. The molecule has 0 spiro atoms. The molecule has 5 rings (SSSR count). The lowest BCUT2D eigenvalue weighted by atomic mass is 10.0. The monoisotopic (exact) mass is 431 g/mol. The van der Waals surface area contributed by atoms with Gasteiger partial charge in [-0.25, -0.2) is 4.39 Å². The van der Waals surface area contributed by atoms with E-state index in [1.54, 1.807) is 29.9 Å². The molecule has 2 aromatic carbocycles. The third-order valence-electron chi connectivity index (χ3n) is 5.76. The Labute approximate surface area is 184 Å². The zero-order valence-electron chi connectivity index (χ0n) is 17.7. The maximum Gasteiger partial charge on any atom is 0.258 e. The van der Waals surface area contributed by atoms with Crippen molar-refractivity contribution < 1.29 is 9.13 Å². The van der Waals surface area contributed by atoms with E-state index >= 15 is 0 Å². The van der Waals surface area contributed by atoms with Crippen molar-refractivity contribution in [2.24, 2.45) is 7.05 Å². The molecule has 0 radical (unpaired) electrons. The van der Waals surface area contributed by atoms with Gasteiger partial charge in [-0.1, -0.05) is 24.3 Å². The number of halogens is 1. The molecule has 0 saturated heterocycles. The van der Waals surface area contributed by atoms with Crippen molar-refractivity contribution >= 4 is 11.6 Å². The van der Waals surface area contributed by atoms with Gasteiger partial charge in [0.15, 0.2) is 5.82 Å². The van der Waals surface area contributed by atoms with Crippen LogP contribution in [0.25, 0.3) is 11.1 Å². The highest BCUT2D eigenvalue weighted by Gasteiger charge is 2.27. The van der Waals surface area contributed by atoms with Gasteiger partial charge in [0.2, 0.25) is 5.95 Å². The van der Waals surface area contributed by atoms with Crippen LogP contribution in [0, 0.1) is 12.7 Å². The molecule has 7 nitrogen and oxygen atoms in total. The number of benzene rings is 2. The van der Waals surface area contributed by atoms with E-state index in [0.29, 0.717) is 30.5 Å². The van der Waals surface area contributed by atoms with Gasteiger partial charge in [-0.05, 0) is 53.9 Å². The molecule has 2 aromatic heterocycles. The maximum atomic E-state index is 13.4. The number of aryl methyl sites for hydroxylation is 2. The van der Waals surface area contributed by atoms with Crippen LogP contribution in [0.2, 0.25) is 0 Å². The van der Waals surface area contributed by atoms with E-state index in [9.17, 15) is 9.18 Å². The number of hydrogen-bond donors (Lipinski definition) is 1. The minimum atomic E-state index is -0.285. The molecule has 0 saturated carbocycles. The molecular weight excluding hydrogens is 409 g/mol. The van der Waals surface area contributed by atoms with Crippen LogP contribution in [0.5, 0.6) is 0 Å². The fraction of sp³-hybridized carbons (Fsp3) is 0.208. The first-order chi connectivity index (χ1) is 15.5. The van der Waals surface area contributed by atoms with Crippen LogP contribution in [0.1, 0.15) is 23.0 Å². The van der Waals surface area contributed by atoms with Gasteiger partial charge in [0, 0.05) is 24.5 Å². The van der Waals surface area contributed by atoms with Gasteiger partial charge in [-0.2, -0.15) is 0 Å². The maximum absolute atomic E-state index is 13.4. The van der Waals surface area contributed by atoms with Gasteiger partial charge in [0.1, 0.15) is 12.4 Å². The van der Waals surface area contributed by atoms with Crippen molar-refractivity contribution in [1.82, 2.24) is 19.3 Å². The Balaban J connectivity index is 1.53. The van der Waals surface area contributed by atoms with E-state index < -0.39 is 0 Å². The minimum Gasteiger partial charge on any atom is -0.371 e. The van der Waals surface area contributed by atoms with Crippen LogP contribution < -0.4 is 10.9 Å². The quantitative estimate of drug-likeness (QED) is 0.530. The first kappa shape index (κ1) is 20.1. The Morgan fingerprint density at radius 3 is 2.75 bits per heavy atom. The number of fused-ring (bicyclic) bond motifs is 1. The number of nitrogens with one attached hydrogen (secondary N) is 1. The molecule has 3 heterocycles. The van der Waals surface area contributed by atoms with Gasteiger partial charge in [-0.3, -0.25) is 9.36 Å². The lowest BCUT2D eigenvalue weighted by Crippen LogP contribution is -2.25. The summed E-state index contributed by atoms with van der Waals surface area (Å²) in [7, 11) is 1.74. The summed E-state index contributed by atoms with van der Waals surface area (Å²) in [6, 6.07) is 15.7. The Morgan fingerprint density at radius 1 is 1.12 bits per heavy atom. The summed E-state index contributed by atoms with van der Waals surface area (Å²) in [5, 5.41) is 12.0. The molecule has 1 aliphatic heterocycles. The molecule has 162 valence electrons. The Kier molecular flexibility index (Phi) is 5.07. The molecule has 1 atom stereocenters. The van der Waals surface area contributed by atoms with Crippen molar-refractivity contribution in [2.75, 3.05) is 11.9 Å². The Hall–Kier alpha value is -3.78. The third kappa shape index (κ3) is 3.58. The van der Waals surface area contributed by atoms with Crippen LogP contribution in [-0.2, 0) is 18.4 Å². The summed E-state index contributed by atoms with van der Waals surface area (Å²) in [4.78, 5) is 12.6. The number of aromatic nitrogens is 4. The predicted molar refractivity (Wildman–Crippen MR) is 119 cm³/mol. The second-order valence-corrected chi connectivity index (χ2v) is 7.88. The first-order valence-electron chi connectivity index (χ1n) is 10.3. The molecule has 0 bridgehead atoms. The molecule has 1 N–H and O–H groups in total. The number of hydrogen-bond acceptors (Lipinski definition) is 5. The molecule has 0 aliphatic carbocycles. The number of pyridine rings is 1. The highest BCUT2D eigenvalue weighted by molar-refractivity contribution is 5.71. The number of nitrogens with zero attached hydrogens (tertiary/aromatic N) is 4. The standard InChI is InChI=1S/C24H22FN5O2/c1-15-5-6-17(19-4-3-11-29(2)23(19)31)12-20(15)26-24-28-27-22-14-32-13-21(30(22)24)16-7-9-18(25)10-8-16/h3-12,21H,13-14H2,1-2H3,(H,26,28). The van der Waals surface area contributed by atoms with Gasteiger partial charge < -0.3 is 14.6 Å². The van der Waals surface area contributed by atoms with Gasteiger partial charge >= 0.3 is 0 Å². The summed E-state index contributed by atoms with van der Waals surface area (Å²) in [5.74, 6) is 0.977. The van der Waals surface area contributed by atoms with E-state index in [4.69, 9.17) is 4.74 Å². The smallest absolute Gasteiger partial charge is 0.258 e. The van der Waals surface area contributed by atoms with Crippen LogP contribution in [0.15, 0.2) is 65.6 Å². The SMILES string of the molecule is Cc1ccc(-c2cccn(C)c2=O)cc1Nc1nnc2n1C(c1ccc(F)cc1)COC2. The number of rotatable bonds is 4. The van der Waals surface area contributed by atoms with Gasteiger partial charge in [-0.15, -0.1) is 10.2 Å². The zero-order chi connectivity index (χ0) is 22.2. The van der Waals surface area contributed by atoms with E-state index in [1.165, 1.54) is 12.1 Å². The van der Waals surface area contributed by atoms with Crippen LogP contribution in [0.4, 0.5) is 16.0 Å². The Morgan fingerprint density at radius 2 is 1.94 bits per heavy atom. The second kappa shape index (κ2) is 8.05. The van der Waals surface area contributed by atoms with Crippen molar-refractivity contribution in [1.29, 1.82) is 0 Å². The van der Waals surface area contributed by atoms with Crippen LogP contribution in [0.3, 0.4) is 0 Å². The molecular formula is C24H22FN5O2. The number of ether oxygens (including phenoxy) is 1. The lowest BCUT2D eigenvalue weighted by Gasteiger charge is -2.27. The van der Waals surface area contributed by atoms with Gasteiger partial charge in [0.25, 0.3) is 5.56 Å². The highest BCUT2D eigenvalue weighted by atomic mass is 19.1. The van der Waals surface area contributed by atoms with Crippen LogP contribution in [-0.4, -0.2) is 25.9 Å². The van der Waals surface area contributed by atoms with E-state index in [2.05, 4.69) is 15.5 Å². The molecule has 8 heteroatoms. The minimum absolute atomic E-state index is 0.0596. The molecule has 0 amide bonds. The van der Waals surface area contributed by atoms with Crippen molar-refractivity contribution in [3.63, 3.8) is 0 Å². The van der Waals surface area contributed by atoms with E-state index in [0.717, 1.165) is 22.4 Å². The average molecular weight is 431 g/mol. The highest BCUT2D eigenvalue weighted by Crippen LogP contribution is 2.31. The second-order valence-electron chi connectivity index (χ2n) is 7.88. The summed E-state index contributed by atoms with van der Waals surface area (Å²) >= 11 is 0. The van der Waals surface area contributed by atoms with Crippen molar-refractivity contribution in [3.8, 4) is 11.1 Å². The average Bonchev–Trinajstić information content (AvgIpc) is 3.21. The summed E-state index contributed by atoms with van der Waals surface area (Å²) in [5.41, 5.74) is 4.12. The normalized spacial score (nSPS) is 15.4. The third-order valence-corrected chi connectivity index (χ3v) is 5.76. The fourth-order valence-electron chi connectivity index (χ4n) is 3.96. The topological polar surface area (TPSA) is 74.0 Å². The molecule has 32 heavy (non-hydrogen) atoms. The summed E-state index contributed by atoms with van der Waals surface area (Å²) < 4.78 is 22.7. The fourth-order valence-corrected chi connectivity index (χ4v) is 3.96. The van der Waals surface area contributed by atoms with Crippen LogP contribution >= 0.6 is 0 Å². The van der Waals surface area contributed by atoms with E-state index in [1.807, 2.05) is 41.8 Å². The number of anilines is 2. The van der Waals surface area contributed by atoms with Crippen molar-refractivity contribution in [3.05, 3.63) is 93.9 Å². The van der Waals surface area contributed by atoms with E-state index in [-0.39, 0.29) is 17.4 Å². The largest absolute Gasteiger partial charge is 0.371 e. The van der Waals surface area contributed by atoms with Crippen molar-refractivity contribution in [2.45, 2.75) is 19.6 Å². The van der Waals surface area contributed by atoms with Gasteiger partial charge in [0.05, 0.1) is 12.6 Å². The molecule has 0 fully saturated rings. The molecule has 1 unspecified atom stereocenters. The lowest BCUT2D eigenvalue weighted by molar-refractivity contribution is 0.0670. The molecule has 4 aromatic rings. The first-order valence-corrected chi connectivity index (χ1v) is 10.3. The molecule has 1 aliphatic rings. The Bertz CT molecular complexity index is 1340. The summed E-state index contributed by atoms with van der Waals surface area (Å²) in [6.45, 7) is 2.78.